The molecule has 3 aromatic rings. The van der Waals surface area contributed by atoms with Crippen molar-refractivity contribution in [2.75, 3.05) is 6.79 Å². The lowest BCUT2D eigenvalue weighted by Crippen LogP contribution is -2.30. The van der Waals surface area contributed by atoms with E-state index in [0.29, 0.717) is 23.6 Å². The Morgan fingerprint density at radius 1 is 1.18 bits per heavy atom. The van der Waals surface area contributed by atoms with E-state index in [1.54, 1.807) is 19.1 Å². The molecule has 1 N–H and O–H groups in total. The Morgan fingerprint density at radius 2 is 1.96 bits per heavy atom. The highest BCUT2D eigenvalue weighted by atomic mass is 32.2. The van der Waals surface area contributed by atoms with Crippen molar-refractivity contribution < 1.29 is 23.1 Å². The normalized spacial score (nSPS) is 13.4. The van der Waals surface area contributed by atoms with Gasteiger partial charge in [-0.2, -0.15) is 0 Å². The molecule has 9 heteroatoms. The first-order chi connectivity index (χ1) is 13.6. The van der Waals surface area contributed by atoms with Crippen LogP contribution in [-0.4, -0.2) is 28.1 Å². The van der Waals surface area contributed by atoms with Crippen molar-refractivity contribution in [1.29, 1.82) is 0 Å². The van der Waals surface area contributed by atoms with Gasteiger partial charge in [-0.1, -0.05) is 17.8 Å². The number of rotatable bonds is 6. The molecule has 1 aliphatic rings. The maximum atomic E-state index is 13.0. The lowest BCUT2D eigenvalue weighted by molar-refractivity contribution is -0.120. The summed E-state index contributed by atoms with van der Waals surface area (Å²) in [7, 11) is 0. The van der Waals surface area contributed by atoms with Gasteiger partial charge in [-0.25, -0.2) is 4.39 Å². The third-order valence-corrected chi connectivity index (χ3v) is 4.98. The summed E-state index contributed by atoms with van der Waals surface area (Å²) in [5, 5.41) is 10.6. The van der Waals surface area contributed by atoms with Gasteiger partial charge in [0.05, 0.1) is 5.25 Å². The smallest absolute Gasteiger partial charge is 0.277 e. The molecule has 4 rings (SSSR count). The Hall–Kier alpha value is -3.07. The van der Waals surface area contributed by atoms with Crippen molar-refractivity contribution in [3.05, 3.63) is 53.8 Å². The van der Waals surface area contributed by atoms with Crippen LogP contribution in [0.3, 0.4) is 0 Å². The zero-order valence-electron chi connectivity index (χ0n) is 14.8. The molecule has 0 spiro atoms. The summed E-state index contributed by atoms with van der Waals surface area (Å²) in [6.07, 6.45) is 0. The van der Waals surface area contributed by atoms with Gasteiger partial charge in [0.25, 0.3) is 5.22 Å². The van der Waals surface area contributed by atoms with Gasteiger partial charge >= 0.3 is 0 Å². The van der Waals surface area contributed by atoms with E-state index < -0.39 is 5.25 Å². The fourth-order valence-corrected chi connectivity index (χ4v) is 3.26. The number of fused-ring (bicyclic) bond motifs is 1. The van der Waals surface area contributed by atoms with Gasteiger partial charge < -0.3 is 19.2 Å². The number of aromatic nitrogens is 2. The minimum atomic E-state index is -0.435. The van der Waals surface area contributed by atoms with E-state index in [-0.39, 0.29) is 29.6 Å². The number of carbonyl (C=O) groups excluding carboxylic acids is 1. The number of thioether (sulfide) groups is 1. The molecule has 0 bridgehead atoms. The number of nitrogens with zero attached hydrogens (tertiary/aromatic N) is 2. The maximum absolute atomic E-state index is 13.0. The van der Waals surface area contributed by atoms with E-state index in [1.807, 2.05) is 18.2 Å². The first-order valence-electron chi connectivity index (χ1n) is 8.51. The third-order valence-electron chi connectivity index (χ3n) is 4.05. The topological polar surface area (TPSA) is 86.5 Å². The van der Waals surface area contributed by atoms with Crippen LogP contribution in [0.2, 0.25) is 0 Å². The average molecular weight is 401 g/mol. The number of hydrogen-bond donors (Lipinski definition) is 1. The monoisotopic (exact) mass is 401 g/mol. The van der Waals surface area contributed by atoms with Crippen molar-refractivity contribution in [3.8, 4) is 23.0 Å². The van der Waals surface area contributed by atoms with Crippen molar-refractivity contribution in [3.63, 3.8) is 0 Å². The SMILES string of the molecule is CC(Sc1nnc(-c2ccc(F)cc2)o1)C(=O)NCc1ccc2c(c1)OCO2. The molecule has 1 atom stereocenters. The summed E-state index contributed by atoms with van der Waals surface area (Å²) >= 11 is 1.15. The quantitative estimate of drug-likeness (QED) is 0.634. The van der Waals surface area contributed by atoms with Gasteiger partial charge in [0, 0.05) is 12.1 Å². The van der Waals surface area contributed by atoms with Crippen LogP contribution in [0, 0.1) is 5.82 Å². The molecule has 1 aliphatic heterocycles. The summed E-state index contributed by atoms with van der Waals surface area (Å²) < 4.78 is 29.2. The van der Waals surface area contributed by atoms with Crippen LogP contribution >= 0.6 is 11.8 Å². The highest BCUT2D eigenvalue weighted by molar-refractivity contribution is 8.00. The van der Waals surface area contributed by atoms with E-state index in [0.717, 1.165) is 17.3 Å². The number of amides is 1. The van der Waals surface area contributed by atoms with Crippen molar-refractivity contribution in [2.24, 2.45) is 0 Å². The predicted molar refractivity (Wildman–Crippen MR) is 99.4 cm³/mol. The summed E-state index contributed by atoms with van der Waals surface area (Å²) in [6.45, 7) is 2.33. The number of halogens is 1. The number of ether oxygens (including phenoxy) is 2. The summed E-state index contributed by atoms with van der Waals surface area (Å²) in [4.78, 5) is 12.3. The second-order valence-electron chi connectivity index (χ2n) is 6.05. The minimum Gasteiger partial charge on any atom is -0.454 e. The largest absolute Gasteiger partial charge is 0.454 e. The van der Waals surface area contributed by atoms with Gasteiger partial charge in [-0.3, -0.25) is 4.79 Å². The van der Waals surface area contributed by atoms with Crippen LogP contribution < -0.4 is 14.8 Å². The van der Waals surface area contributed by atoms with E-state index in [2.05, 4.69) is 15.5 Å². The predicted octanol–water partition coefficient (Wildman–Crippen LogP) is 3.40. The first-order valence-corrected chi connectivity index (χ1v) is 9.39. The molecule has 2 heterocycles. The van der Waals surface area contributed by atoms with E-state index in [9.17, 15) is 9.18 Å². The molecule has 0 radical (unpaired) electrons. The second-order valence-corrected chi connectivity index (χ2v) is 7.34. The third kappa shape index (κ3) is 4.09. The van der Waals surface area contributed by atoms with E-state index >= 15 is 0 Å². The lowest BCUT2D eigenvalue weighted by Gasteiger charge is -2.10. The summed E-state index contributed by atoms with van der Waals surface area (Å²) in [5.74, 6) is 1.14. The van der Waals surface area contributed by atoms with Gasteiger partial charge in [0.1, 0.15) is 5.82 Å². The van der Waals surface area contributed by atoms with Crippen molar-refractivity contribution in [2.45, 2.75) is 23.9 Å². The Labute approximate surface area is 164 Å². The number of nitrogens with one attached hydrogen (secondary N) is 1. The molecule has 0 aliphatic carbocycles. The van der Waals surface area contributed by atoms with Crippen molar-refractivity contribution >= 4 is 17.7 Å². The number of benzene rings is 2. The van der Waals surface area contributed by atoms with Gasteiger partial charge in [0.15, 0.2) is 11.5 Å². The summed E-state index contributed by atoms with van der Waals surface area (Å²) in [5.41, 5.74) is 1.52. The standard InChI is InChI=1S/C19H16FN3O4S/c1-11(17(24)21-9-12-2-7-15-16(8-12)26-10-25-15)28-19-23-22-18(27-19)13-3-5-14(20)6-4-13/h2-8,11H,9-10H2,1H3,(H,21,24). The highest BCUT2D eigenvalue weighted by Gasteiger charge is 2.19. The van der Waals surface area contributed by atoms with Crippen LogP contribution in [0.1, 0.15) is 12.5 Å². The van der Waals surface area contributed by atoms with E-state index in [1.165, 1.54) is 12.1 Å². The zero-order chi connectivity index (χ0) is 19.5. The average Bonchev–Trinajstić information content (AvgIpc) is 3.35. The van der Waals surface area contributed by atoms with Crippen LogP contribution in [-0.2, 0) is 11.3 Å². The molecule has 0 saturated heterocycles. The molecular weight excluding hydrogens is 385 g/mol. The Balaban J connectivity index is 1.32. The molecule has 7 nitrogen and oxygen atoms in total. The molecular formula is C19H16FN3O4S. The lowest BCUT2D eigenvalue weighted by atomic mass is 10.2. The highest BCUT2D eigenvalue weighted by Crippen LogP contribution is 2.32. The molecule has 1 unspecified atom stereocenters. The van der Waals surface area contributed by atoms with E-state index in [4.69, 9.17) is 13.9 Å². The Morgan fingerprint density at radius 3 is 2.79 bits per heavy atom. The fraction of sp³-hybridized carbons (Fsp3) is 0.211. The molecule has 0 saturated carbocycles. The summed E-state index contributed by atoms with van der Waals surface area (Å²) in [6, 6.07) is 11.3. The maximum Gasteiger partial charge on any atom is 0.277 e. The van der Waals surface area contributed by atoms with Crippen LogP contribution in [0.5, 0.6) is 11.5 Å². The van der Waals surface area contributed by atoms with Gasteiger partial charge in [0.2, 0.25) is 18.6 Å². The molecule has 0 fully saturated rings. The van der Waals surface area contributed by atoms with Gasteiger partial charge in [-0.05, 0) is 48.9 Å². The fourth-order valence-electron chi connectivity index (χ4n) is 2.56. The second kappa shape index (κ2) is 7.89. The number of carbonyl (C=O) groups is 1. The first kappa shape index (κ1) is 18.3. The molecule has 2 aromatic carbocycles. The number of hydrogen-bond acceptors (Lipinski definition) is 7. The van der Waals surface area contributed by atoms with Crippen LogP contribution in [0.25, 0.3) is 11.5 Å². The van der Waals surface area contributed by atoms with Crippen LogP contribution in [0.15, 0.2) is 52.1 Å². The Bertz CT molecular complexity index is 993. The van der Waals surface area contributed by atoms with Crippen LogP contribution in [0.4, 0.5) is 4.39 Å². The molecule has 28 heavy (non-hydrogen) atoms. The Kier molecular flexibility index (Phi) is 5.16. The van der Waals surface area contributed by atoms with Crippen molar-refractivity contribution in [1.82, 2.24) is 15.5 Å². The molecule has 1 aromatic heterocycles. The van der Waals surface area contributed by atoms with Gasteiger partial charge in [-0.15, -0.1) is 10.2 Å². The molecule has 1 amide bonds. The molecule has 144 valence electrons. The minimum absolute atomic E-state index is 0.163. The zero-order valence-corrected chi connectivity index (χ0v) is 15.7.